The Bertz CT molecular complexity index is 1220. The Kier molecular flexibility index (Phi) is 5.39. The van der Waals surface area contributed by atoms with E-state index < -0.39 is 11.7 Å². The second-order valence-corrected chi connectivity index (χ2v) is 8.09. The number of carboxylic acid groups (broad SMARTS) is 1. The quantitative estimate of drug-likeness (QED) is 0.561. The first kappa shape index (κ1) is 19.9. The molecule has 2 aromatic heterocycles. The lowest BCUT2D eigenvalue weighted by molar-refractivity contribution is -0.131. The van der Waals surface area contributed by atoms with Gasteiger partial charge in [0, 0.05) is 18.2 Å². The van der Waals surface area contributed by atoms with Crippen LogP contribution in [0.15, 0.2) is 39.9 Å². The molecule has 1 aromatic carbocycles. The molecule has 0 radical (unpaired) electrons. The highest BCUT2D eigenvalue weighted by Gasteiger charge is 2.22. The molecule has 1 saturated carbocycles. The molecule has 3 aromatic rings. The van der Waals surface area contributed by atoms with E-state index in [0.717, 1.165) is 36.5 Å². The minimum Gasteiger partial charge on any atom is -0.478 e. The van der Waals surface area contributed by atoms with Crippen molar-refractivity contribution >= 4 is 23.2 Å². The average Bonchev–Trinajstić information content (AvgIpc) is 3.14. The number of aliphatic carboxylic acids is 1. The molecule has 0 saturated heterocycles. The first-order chi connectivity index (χ1) is 14.4. The zero-order valence-corrected chi connectivity index (χ0v) is 16.7. The van der Waals surface area contributed by atoms with Gasteiger partial charge >= 0.3 is 11.7 Å². The normalized spacial score (nSPS) is 19.5. The van der Waals surface area contributed by atoms with Crippen molar-refractivity contribution in [1.82, 2.24) is 19.5 Å². The first-order valence-corrected chi connectivity index (χ1v) is 10.1. The maximum atomic E-state index is 12.9. The Morgan fingerprint density at radius 1 is 1.23 bits per heavy atom. The van der Waals surface area contributed by atoms with Crippen molar-refractivity contribution in [3.63, 3.8) is 0 Å². The van der Waals surface area contributed by atoms with Crippen molar-refractivity contribution in [1.29, 1.82) is 0 Å². The predicted octanol–water partition coefficient (Wildman–Crippen LogP) is 3.00. The van der Waals surface area contributed by atoms with E-state index in [-0.39, 0.29) is 11.1 Å². The van der Waals surface area contributed by atoms with Gasteiger partial charge in [-0.1, -0.05) is 44.0 Å². The van der Waals surface area contributed by atoms with Crippen molar-refractivity contribution in [3.05, 3.63) is 56.7 Å². The fourth-order valence-corrected chi connectivity index (χ4v) is 4.22. The number of carbonyl (C=O) groups is 1. The van der Waals surface area contributed by atoms with Crippen molar-refractivity contribution < 1.29 is 9.90 Å². The molecule has 1 aliphatic rings. The summed E-state index contributed by atoms with van der Waals surface area (Å²) in [6, 6.07) is 7.07. The number of fused-ring (bicyclic) bond motifs is 1. The third-order valence-electron chi connectivity index (χ3n) is 5.72. The molecule has 1 fully saturated rings. The molecule has 2 unspecified atom stereocenters. The summed E-state index contributed by atoms with van der Waals surface area (Å²) in [5.41, 5.74) is 1.18. The van der Waals surface area contributed by atoms with Crippen LogP contribution < -0.4 is 11.2 Å². The van der Waals surface area contributed by atoms with Gasteiger partial charge in [0.05, 0.1) is 0 Å². The second-order valence-electron chi connectivity index (χ2n) is 8.09. The number of imidazole rings is 1. The van der Waals surface area contributed by atoms with Crippen LogP contribution in [-0.4, -0.2) is 30.6 Å². The van der Waals surface area contributed by atoms with Crippen LogP contribution in [0.4, 0.5) is 0 Å². The van der Waals surface area contributed by atoms with E-state index in [9.17, 15) is 14.4 Å². The van der Waals surface area contributed by atoms with Crippen LogP contribution in [0.2, 0.25) is 0 Å². The SMILES string of the molecule is CC1CCCC(Cn2c(=O)[nH]c3[nH]c(-c4ccc(C=CC(=O)O)cc4)nc3c2=O)C1. The topological polar surface area (TPSA) is 121 Å². The summed E-state index contributed by atoms with van der Waals surface area (Å²) >= 11 is 0. The van der Waals surface area contributed by atoms with Crippen molar-refractivity contribution in [2.75, 3.05) is 0 Å². The van der Waals surface area contributed by atoms with Gasteiger partial charge in [-0.25, -0.2) is 14.6 Å². The minimum absolute atomic E-state index is 0.211. The number of H-pyrrole nitrogens is 2. The van der Waals surface area contributed by atoms with Gasteiger partial charge in [-0.05, 0) is 36.3 Å². The Balaban J connectivity index is 1.64. The molecule has 3 N–H and O–H groups in total. The fourth-order valence-electron chi connectivity index (χ4n) is 4.22. The standard InChI is InChI=1S/C22H24N4O4/c1-13-3-2-4-15(11-13)12-26-21(29)18-20(25-22(26)30)24-19(23-18)16-8-5-14(6-9-16)7-10-17(27)28/h5-10,13,15H,2-4,11-12H2,1H3,(H,23,24)(H,25,30)(H,27,28). The van der Waals surface area contributed by atoms with Gasteiger partial charge < -0.3 is 10.1 Å². The number of aromatic nitrogens is 4. The van der Waals surface area contributed by atoms with Crippen LogP contribution in [-0.2, 0) is 11.3 Å². The van der Waals surface area contributed by atoms with Crippen LogP contribution in [0.25, 0.3) is 28.6 Å². The van der Waals surface area contributed by atoms with Crippen LogP contribution in [0.1, 0.15) is 38.2 Å². The fraction of sp³-hybridized carbons (Fsp3) is 0.364. The summed E-state index contributed by atoms with van der Waals surface area (Å²) < 4.78 is 1.27. The average molecular weight is 408 g/mol. The van der Waals surface area contributed by atoms with Crippen molar-refractivity contribution in [2.24, 2.45) is 11.8 Å². The monoisotopic (exact) mass is 408 g/mol. The number of aromatic amines is 2. The largest absolute Gasteiger partial charge is 0.478 e. The van der Waals surface area contributed by atoms with E-state index in [1.165, 1.54) is 17.1 Å². The Morgan fingerprint density at radius 2 is 2.00 bits per heavy atom. The summed E-state index contributed by atoms with van der Waals surface area (Å²) in [4.78, 5) is 46.3. The number of hydrogen-bond acceptors (Lipinski definition) is 4. The summed E-state index contributed by atoms with van der Waals surface area (Å²) in [5.74, 6) is 0.400. The van der Waals surface area contributed by atoms with Gasteiger partial charge in [0.25, 0.3) is 5.56 Å². The molecule has 2 heterocycles. The first-order valence-electron chi connectivity index (χ1n) is 10.1. The molecular weight excluding hydrogens is 384 g/mol. The molecule has 4 rings (SSSR count). The van der Waals surface area contributed by atoms with Gasteiger partial charge in [-0.15, -0.1) is 0 Å². The van der Waals surface area contributed by atoms with Gasteiger partial charge in [0.15, 0.2) is 5.52 Å². The third-order valence-corrected chi connectivity index (χ3v) is 5.72. The lowest BCUT2D eigenvalue weighted by atomic mass is 9.82. The molecule has 0 bridgehead atoms. The molecule has 156 valence electrons. The molecule has 0 amide bonds. The summed E-state index contributed by atoms with van der Waals surface area (Å²) in [7, 11) is 0. The predicted molar refractivity (Wildman–Crippen MR) is 114 cm³/mol. The highest BCUT2D eigenvalue weighted by atomic mass is 16.4. The number of hydrogen-bond donors (Lipinski definition) is 3. The second kappa shape index (κ2) is 8.14. The van der Waals surface area contributed by atoms with Crippen LogP contribution >= 0.6 is 0 Å². The smallest absolute Gasteiger partial charge is 0.330 e. The maximum absolute atomic E-state index is 12.9. The van der Waals surface area contributed by atoms with Crippen molar-refractivity contribution in [2.45, 2.75) is 39.2 Å². The van der Waals surface area contributed by atoms with E-state index in [1.54, 1.807) is 24.3 Å². The molecule has 8 nitrogen and oxygen atoms in total. The lowest BCUT2D eigenvalue weighted by Crippen LogP contribution is -2.38. The number of carboxylic acids is 1. The van der Waals surface area contributed by atoms with Crippen LogP contribution in [0, 0.1) is 11.8 Å². The third kappa shape index (κ3) is 4.12. The van der Waals surface area contributed by atoms with E-state index in [2.05, 4.69) is 21.9 Å². The van der Waals surface area contributed by atoms with Crippen LogP contribution in [0.5, 0.6) is 0 Å². The highest BCUT2D eigenvalue weighted by Crippen LogP contribution is 2.29. The van der Waals surface area contributed by atoms with Crippen molar-refractivity contribution in [3.8, 4) is 11.4 Å². The number of rotatable bonds is 5. The van der Waals surface area contributed by atoms with E-state index >= 15 is 0 Å². The summed E-state index contributed by atoms with van der Waals surface area (Å²) in [6.45, 7) is 2.63. The zero-order valence-electron chi connectivity index (χ0n) is 16.7. The van der Waals surface area contributed by atoms with E-state index in [0.29, 0.717) is 29.9 Å². The Labute approximate surface area is 172 Å². The Hall–Kier alpha value is -3.42. The molecular formula is C22H24N4O4. The van der Waals surface area contributed by atoms with Gasteiger partial charge in [0.1, 0.15) is 11.5 Å². The lowest BCUT2D eigenvalue weighted by Gasteiger charge is -2.26. The highest BCUT2D eigenvalue weighted by molar-refractivity contribution is 5.85. The summed E-state index contributed by atoms with van der Waals surface area (Å²) in [6.07, 6.45) is 6.95. The van der Waals surface area contributed by atoms with Gasteiger partial charge in [0.2, 0.25) is 0 Å². The molecule has 0 spiro atoms. The number of benzene rings is 1. The maximum Gasteiger partial charge on any atom is 0.330 e. The Morgan fingerprint density at radius 3 is 2.70 bits per heavy atom. The molecule has 2 atom stereocenters. The van der Waals surface area contributed by atoms with Gasteiger partial charge in [-0.3, -0.25) is 14.3 Å². The minimum atomic E-state index is -1.01. The van der Waals surface area contributed by atoms with Gasteiger partial charge in [-0.2, -0.15) is 0 Å². The zero-order chi connectivity index (χ0) is 21.3. The van der Waals surface area contributed by atoms with E-state index in [4.69, 9.17) is 5.11 Å². The summed E-state index contributed by atoms with van der Waals surface area (Å²) in [5, 5.41) is 8.71. The molecule has 30 heavy (non-hydrogen) atoms. The van der Waals surface area contributed by atoms with E-state index in [1.807, 2.05) is 0 Å². The number of nitrogens with zero attached hydrogens (tertiary/aromatic N) is 2. The van der Waals surface area contributed by atoms with Crippen LogP contribution in [0.3, 0.4) is 0 Å². The molecule has 1 aliphatic carbocycles. The number of nitrogens with one attached hydrogen (secondary N) is 2. The molecule has 8 heteroatoms. The molecule has 0 aliphatic heterocycles.